The fraction of sp³-hybridized carbons (Fsp3) is 0.278. The lowest BCUT2D eigenvalue weighted by molar-refractivity contribution is 1.00. The molecule has 0 nitrogen and oxygen atoms in total. The van der Waals surface area contributed by atoms with E-state index < -0.39 is 8.80 Å². The van der Waals surface area contributed by atoms with Crippen molar-refractivity contribution >= 4 is 33.5 Å². The zero-order chi connectivity index (χ0) is 14.4. The molecule has 2 rings (SSSR count). The summed E-state index contributed by atoms with van der Waals surface area (Å²) >= 11 is 0. The summed E-state index contributed by atoms with van der Waals surface area (Å²) in [5.41, 5.74) is 1.44. The van der Waals surface area contributed by atoms with Gasteiger partial charge >= 0.3 is 0 Å². The first-order valence-electron chi connectivity index (χ1n) is 7.56. The van der Waals surface area contributed by atoms with Gasteiger partial charge in [-0.25, -0.2) is 0 Å². The van der Waals surface area contributed by atoms with E-state index in [0.29, 0.717) is 0 Å². The predicted octanol–water partition coefficient (Wildman–Crippen LogP) is 2.46. The summed E-state index contributed by atoms with van der Waals surface area (Å²) < 4.78 is 0. The van der Waals surface area contributed by atoms with Gasteiger partial charge in [-0.2, -0.15) is 0 Å². The van der Waals surface area contributed by atoms with Crippen molar-refractivity contribution in [3.8, 4) is 0 Å². The average molecular weight is 297 g/mol. The Hall–Kier alpha value is -1.26. The molecule has 0 saturated carbocycles. The van der Waals surface area contributed by atoms with Gasteiger partial charge in [-0.3, -0.25) is 0 Å². The van der Waals surface area contributed by atoms with E-state index in [0.717, 1.165) is 0 Å². The molecule has 0 fully saturated rings. The van der Waals surface area contributed by atoms with Gasteiger partial charge in [0.15, 0.2) is 0 Å². The van der Waals surface area contributed by atoms with E-state index in [1.165, 1.54) is 23.6 Å². The quantitative estimate of drug-likeness (QED) is 0.744. The summed E-state index contributed by atoms with van der Waals surface area (Å²) in [6.45, 7) is 7.05. The second-order valence-corrected chi connectivity index (χ2v) is 10.2. The molecule has 0 spiro atoms. The van der Waals surface area contributed by atoms with Gasteiger partial charge in [0.1, 0.15) is 0 Å². The predicted molar refractivity (Wildman–Crippen MR) is 97.2 cm³/mol. The minimum Gasteiger partial charge on any atom is -0.0682 e. The number of benzene rings is 2. The minimum absolute atomic E-state index is 0.243. The second-order valence-electron chi connectivity index (χ2n) is 5.61. The molecule has 0 aliphatic heterocycles. The Morgan fingerprint density at radius 2 is 1.60 bits per heavy atom. The topological polar surface area (TPSA) is 0 Å². The maximum Gasteiger partial charge on any atom is 0.0647 e. The lowest BCUT2D eigenvalue weighted by Gasteiger charge is -2.08. The third-order valence-corrected chi connectivity index (χ3v) is 7.01. The van der Waals surface area contributed by atoms with Crippen molar-refractivity contribution in [1.82, 2.24) is 0 Å². The van der Waals surface area contributed by atoms with E-state index in [1.54, 1.807) is 10.4 Å². The molecule has 2 aromatic rings. The zero-order valence-corrected chi connectivity index (χ0v) is 15.1. The van der Waals surface area contributed by atoms with Gasteiger partial charge < -0.3 is 0 Å². The van der Waals surface area contributed by atoms with Gasteiger partial charge in [-0.15, -0.1) is 0 Å². The maximum atomic E-state index is 2.39. The Morgan fingerprint density at radius 1 is 0.950 bits per heavy atom. The molecule has 2 heteroatoms. The van der Waals surface area contributed by atoms with Crippen LogP contribution >= 0.6 is 0 Å². The summed E-state index contributed by atoms with van der Waals surface area (Å²) in [6.07, 6.45) is 2.45. The molecule has 20 heavy (non-hydrogen) atoms. The fourth-order valence-corrected chi connectivity index (χ4v) is 4.94. The third-order valence-electron chi connectivity index (χ3n) is 3.61. The van der Waals surface area contributed by atoms with E-state index in [1.807, 2.05) is 0 Å². The first kappa shape index (κ1) is 15.1. The van der Waals surface area contributed by atoms with Gasteiger partial charge in [0.2, 0.25) is 0 Å². The van der Waals surface area contributed by atoms with Crippen LogP contribution in [0.3, 0.4) is 0 Å². The molecule has 0 aromatic heterocycles. The summed E-state index contributed by atoms with van der Waals surface area (Å²) in [4.78, 5) is 0. The number of hydrogen-bond donors (Lipinski definition) is 0. The third kappa shape index (κ3) is 4.12. The van der Waals surface area contributed by atoms with Crippen molar-refractivity contribution in [2.45, 2.75) is 32.9 Å². The molecule has 0 radical (unpaired) electrons. The van der Waals surface area contributed by atoms with Crippen LogP contribution in [0.5, 0.6) is 0 Å². The van der Waals surface area contributed by atoms with Crippen LogP contribution in [-0.2, 0) is 0 Å². The largest absolute Gasteiger partial charge is 0.0682 e. The van der Waals surface area contributed by atoms with Gasteiger partial charge in [0.25, 0.3) is 0 Å². The highest BCUT2D eigenvalue weighted by Gasteiger charge is 2.02. The van der Waals surface area contributed by atoms with E-state index in [4.69, 9.17) is 0 Å². The Bertz CT molecular complexity index is 554. The Kier molecular flexibility index (Phi) is 5.68. The number of hydrogen-bond acceptors (Lipinski definition) is 0. The number of rotatable bonds is 5. The van der Waals surface area contributed by atoms with Crippen LogP contribution in [0.2, 0.25) is 13.1 Å². The molecule has 0 aliphatic rings. The second kappa shape index (κ2) is 7.51. The minimum atomic E-state index is -0.655. The summed E-state index contributed by atoms with van der Waals surface area (Å²) in [5, 5.41) is 4.74. The summed E-state index contributed by atoms with van der Waals surface area (Å²) in [6, 6.07) is 20.3. The van der Waals surface area contributed by atoms with Gasteiger partial charge in [-0.05, 0) is 17.2 Å². The van der Waals surface area contributed by atoms with Crippen molar-refractivity contribution in [1.29, 1.82) is 0 Å². The summed E-state index contributed by atoms with van der Waals surface area (Å²) in [5.74, 6) is 0. The molecule has 0 amide bonds. The van der Waals surface area contributed by atoms with Crippen LogP contribution in [0, 0.1) is 0 Å². The van der Waals surface area contributed by atoms with Crippen LogP contribution < -0.4 is 10.4 Å². The zero-order valence-electron chi connectivity index (χ0n) is 12.8. The molecule has 0 atom stereocenters. The van der Waals surface area contributed by atoms with Crippen molar-refractivity contribution in [2.75, 3.05) is 0 Å². The van der Waals surface area contributed by atoms with Gasteiger partial charge in [0, 0.05) is 9.13 Å². The molecule has 0 bridgehead atoms. The lowest BCUT2D eigenvalue weighted by atomic mass is 10.1. The van der Waals surface area contributed by atoms with Crippen LogP contribution in [0.4, 0.5) is 0 Å². The van der Waals surface area contributed by atoms with Crippen LogP contribution in [0.15, 0.2) is 54.6 Å². The fourth-order valence-electron chi connectivity index (χ4n) is 2.40. The SMILES string of the molecule is CCC/C(=[SiH]\c1ccc([SiH](C)C)cc1)c1ccccc1. The monoisotopic (exact) mass is 296 g/mol. The van der Waals surface area contributed by atoms with E-state index in [-0.39, 0.29) is 9.13 Å². The highest BCUT2D eigenvalue weighted by Crippen LogP contribution is 2.04. The Balaban J connectivity index is 2.29. The highest BCUT2D eigenvalue weighted by molar-refractivity contribution is 6.71. The van der Waals surface area contributed by atoms with Crippen molar-refractivity contribution in [3.63, 3.8) is 0 Å². The van der Waals surface area contributed by atoms with E-state index in [9.17, 15) is 0 Å². The van der Waals surface area contributed by atoms with E-state index >= 15 is 0 Å². The molecule has 2 aromatic carbocycles. The molecule has 0 saturated heterocycles. The van der Waals surface area contributed by atoms with E-state index in [2.05, 4.69) is 74.6 Å². The molecular weight excluding hydrogens is 272 g/mol. The Morgan fingerprint density at radius 3 is 2.15 bits per heavy atom. The highest BCUT2D eigenvalue weighted by atomic mass is 28.3. The van der Waals surface area contributed by atoms with Crippen LogP contribution in [0.1, 0.15) is 25.3 Å². The summed E-state index contributed by atoms with van der Waals surface area (Å²) in [7, 11) is -0.412. The average Bonchev–Trinajstić information content (AvgIpc) is 2.48. The Labute approximate surface area is 126 Å². The molecular formula is C18H24Si2. The molecule has 0 N–H and O–H groups in total. The van der Waals surface area contributed by atoms with Crippen LogP contribution in [0.25, 0.3) is 0 Å². The molecule has 0 unspecified atom stereocenters. The smallest absolute Gasteiger partial charge is 0.0647 e. The maximum absolute atomic E-state index is 2.39. The first-order chi connectivity index (χ1) is 9.70. The van der Waals surface area contributed by atoms with Crippen molar-refractivity contribution < 1.29 is 0 Å². The molecule has 0 aliphatic carbocycles. The van der Waals surface area contributed by atoms with Crippen LogP contribution in [-0.4, -0.2) is 23.1 Å². The lowest BCUT2D eigenvalue weighted by Crippen LogP contribution is -2.25. The first-order valence-corrected chi connectivity index (χ1v) is 11.6. The normalized spacial score (nSPS) is 11.9. The van der Waals surface area contributed by atoms with Crippen molar-refractivity contribution in [2.24, 2.45) is 0 Å². The van der Waals surface area contributed by atoms with Gasteiger partial charge in [-0.1, -0.05) is 91.4 Å². The van der Waals surface area contributed by atoms with Gasteiger partial charge in [0.05, 0.1) is 8.80 Å². The molecule has 104 valence electrons. The molecule has 0 heterocycles. The standard InChI is InChI=1S/C18H24Si2/c1-4-8-18(15-9-6-5-7-10-15)19-16-11-13-17(14-12-16)20(2)3/h5-7,9-14,19-20H,4,8H2,1-3H3/b19-18+. The van der Waals surface area contributed by atoms with Crippen molar-refractivity contribution in [3.05, 3.63) is 60.2 Å².